The zero-order valence-corrected chi connectivity index (χ0v) is 22.4. The molecule has 0 saturated carbocycles. The molecule has 0 aromatic heterocycles. The second kappa shape index (κ2) is 12.0. The summed E-state index contributed by atoms with van der Waals surface area (Å²) in [7, 11) is -3.90. The first-order valence-corrected chi connectivity index (χ1v) is 14.1. The second-order valence-electron chi connectivity index (χ2n) is 10.3. The maximum Gasteiger partial charge on any atom is 0.303 e. The molecule has 0 radical (unpaired) electrons. The van der Waals surface area contributed by atoms with E-state index in [1.165, 1.54) is 9.87 Å². The molecule has 0 unspecified atom stereocenters. The van der Waals surface area contributed by atoms with Crippen molar-refractivity contribution >= 4 is 21.9 Å². The van der Waals surface area contributed by atoms with Gasteiger partial charge in [-0.15, -0.1) is 0 Å². The number of aliphatic carboxylic acids is 1. The molecule has 8 heteroatoms. The van der Waals surface area contributed by atoms with E-state index < -0.39 is 22.0 Å². The Hall–Kier alpha value is -2.71. The Morgan fingerprint density at radius 3 is 2.06 bits per heavy atom. The molecule has 1 fully saturated rings. The first-order chi connectivity index (χ1) is 17.0. The maximum absolute atomic E-state index is 13.6. The van der Waals surface area contributed by atoms with Gasteiger partial charge in [-0.3, -0.25) is 9.59 Å². The fraction of sp³-hybridized carbons (Fsp3) is 0.500. The van der Waals surface area contributed by atoms with Gasteiger partial charge >= 0.3 is 5.97 Å². The molecule has 1 heterocycles. The lowest BCUT2D eigenvalue weighted by Crippen LogP contribution is -2.53. The zero-order chi connectivity index (χ0) is 26.5. The van der Waals surface area contributed by atoms with Gasteiger partial charge in [0, 0.05) is 19.5 Å². The summed E-state index contributed by atoms with van der Waals surface area (Å²) >= 11 is 0. The van der Waals surface area contributed by atoms with Crippen molar-refractivity contribution in [3.63, 3.8) is 0 Å². The maximum atomic E-state index is 13.6. The summed E-state index contributed by atoms with van der Waals surface area (Å²) in [6.07, 6.45) is 1.25. The molecule has 1 amide bonds. The molecule has 0 bridgehead atoms. The van der Waals surface area contributed by atoms with Crippen LogP contribution in [-0.2, 0) is 26.2 Å². The second-order valence-corrected chi connectivity index (χ2v) is 12.2. The number of nitrogens with one attached hydrogen (secondary N) is 1. The number of amides is 1. The van der Waals surface area contributed by atoms with E-state index in [2.05, 4.69) is 19.2 Å². The van der Waals surface area contributed by atoms with Gasteiger partial charge < -0.3 is 10.4 Å². The SMILES string of the molecule is CC(C)c1ccc(CNC(=O)[C@H]2C[C@H](CCC(=O)O)CCN2S(=O)(=O)c2ccc(C(C)C)cc2)cc1. The zero-order valence-electron chi connectivity index (χ0n) is 21.6. The molecule has 1 aliphatic rings. The van der Waals surface area contributed by atoms with Crippen molar-refractivity contribution in [2.24, 2.45) is 5.92 Å². The molecular formula is C28H38N2O5S. The van der Waals surface area contributed by atoms with Crippen molar-refractivity contribution < 1.29 is 23.1 Å². The number of carboxylic acid groups (broad SMARTS) is 1. The normalized spacial score (nSPS) is 18.9. The molecular weight excluding hydrogens is 476 g/mol. The van der Waals surface area contributed by atoms with Crippen LogP contribution >= 0.6 is 0 Å². The molecule has 7 nitrogen and oxygen atoms in total. The van der Waals surface area contributed by atoms with E-state index in [4.69, 9.17) is 5.11 Å². The molecule has 2 aromatic carbocycles. The number of benzene rings is 2. The van der Waals surface area contributed by atoms with Crippen LogP contribution in [-0.4, -0.2) is 42.3 Å². The van der Waals surface area contributed by atoms with Crippen LogP contribution in [0.2, 0.25) is 0 Å². The van der Waals surface area contributed by atoms with Crippen molar-refractivity contribution in [1.29, 1.82) is 0 Å². The molecule has 2 atom stereocenters. The molecule has 0 aliphatic carbocycles. The van der Waals surface area contributed by atoms with E-state index in [9.17, 15) is 18.0 Å². The number of carbonyl (C=O) groups is 2. The molecule has 0 spiro atoms. The van der Waals surface area contributed by atoms with Gasteiger partial charge in [-0.2, -0.15) is 4.31 Å². The molecule has 1 aliphatic heterocycles. The third kappa shape index (κ3) is 6.95. The van der Waals surface area contributed by atoms with Crippen LogP contribution in [0.25, 0.3) is 0 Å². The number of hydrogen-bond acceptors (Lipinski definition) is 4. The van der Waals surface area contributed by atoms with Gasteiger partial charge in [-0.05, 0) is 65.8 Å². The van der Waals surface area contributed by atoms with E-state index in [1.807, 2.05) is 50.2 Å². The van der Waals surface area contributed by atoms with Crippen molar-refractivity contribution in [3.05, 3.63) is 65.2 Å². The van der Waals surface area contributed by atoms with Crippen molar-refractivity contribution in [2.75, 3.05) is 6.54 Å². The molecule has 1 saturated heterocycles. The summed E-state index contributed by atoms with van der Waals surface area (Å²) in [5.41, 5.74) is 3.18. The van der Waals surface area contributed by atoms with E-state index in [0.717, 1.165) is 11.1 Å². The standard InChI is InChI=1S/C28H38N2O5S/c1-19(2)23-8-5-22(6-9-23)18-29-28(33)26-17-21(7-14-27(31)32)15-16-30(26)36(34,35)25-12-10-24(11-13-25)20(3)4/h5-6,8-13,19-21,26H,7,14-18H2,1-4H3,(H,29,33)(H,31,32)/t21-,26-/m1/s1. The van der Waals surface area contributed by atoms with Gasteiger partial charge in [0.1, 0.15) is 6.04 Å². The van der Waals surface area contributed by atoms with Gasteiger partial charge in [0.25, 0.3) is 0 Å². The van der Waals surface area contributed by atoms with Crippen LogP contribution in [0.5, 0.6) is 0 Å². The van der Waals surface area contributed by atoms with Gasteiger partial charge in [0.05, 0.1) is 4.90 Å². The Balaban J connectivity index is 1.80. The fourth-order valence-corrected chi connectivity index (χ4v) is 6.23. The monoisotopic (exact) mass is 514 g/mol. The van der Waals surface area contributed by atoms with Gasteiger partial charge in [-0.1, -0.05) is 64.1 Å². The summed E-state index contributed by atoms with van der Waals surface area (Å²) in [5, 5.41) is 12.0. The quantitative estimate of drug-likeness (QED) is 0.470. The van der Waals surface area contributed by atoms with Gasteiger partial charge in [0.2, 0.25) is 15.9 Å². The van der Waals surface area contributed by atoms with Crippen LogP contribution in [0, 0.1) is 5.92 Å². The fourth-order valence-electron chi connectivity index (χ4n) is 4.62. The average Bonchev–Trinajstić information content (AvgIpc) is 2.86. The number of sulfonamides is 1. The van der Waals surface area contributed by atoms with Crippen LogP contribution in [0.4, 0.5) is 0 Å². The minimum atomic E-state index is -3.90. The van der Waals surface area contributed by atoms with Crippen LogP contribution in [0.3, 0.4) is 0 Å². The van der Waals surface area contributed by atoms with Crippen LogP contribution in [0.1, 0.15) is 81.9 Å². The Kier molecular flexibility index (Phi) is 9.30. The lowest BCUT2D eigenvalue weighted by atomic mass is 9.88. The first kappa shape index (κ1) is 27.9. The van der Waals surface area contributed by atoms with Crippen LogP contribution < -0.4 is 5.32 Å². The predicted octanol–water partition coefficient (Wildman–Crippen LogP) is 4.88. The Bertz CT molecular complexity index is 1140. The summed E-state index contributed by atoms with van der Waals surface area (Å²) in [6.45, 7) is 8.80. The number of carboxylic acids is 1. The number of nitrogens with zero attached hydrogens (tertiary/aromatic N) is 1. The highest BCUT2D eigenvalue weighted by molar-refractivity contribution is 7.89. The van der Waals surface area contributed by atoms with E-state index >= 15 is 0 Å². The molecule has 196 valence electrons. The Morgan fingerprint density at radius 2 is 1.53 bits per heavy atom. The number of piperidine rings is 1. The minimum Gasteiger partial charge on any atom is -0.481 e. The highest BCUT2D eigenvalue weighted by Crippen LogP contribution is 2.32. The lowest BCUT2D eigenvalue weighted by molar-refractivity contribution is -0.137. The third-order valence-corrected chi connectivity index (χ3v) is 8.92. The lowest BCUT2D eigenvalue weighted by Gasteiger charge is -2.37. The number of rotatable bonds is 10. The summed E-state index contributed by atoms with van der Waals surface area (Å²) in [6, 6.07) is 14.0. The average molecular weight is 515 g/mol. The van der Waals surface area contributed by atoms with Crippen LogP contribution in [0.15, 0.2) is 53.4 Å². The van der Waals surface area contributed by atoms with E-state index in [1.54, 1.807) is 12.1 Å². The minimum absolute atomic E-state index is 0.00458. The topological polar surface area (TPSA) is 104 Å². The smallest absolute Gasteiger partial charge is 0.303 e. The van der Waals surface area contributed by atoms with Crippen molar-refractivity contribution in [2.45, 2.75) is 82.7 Å². The van der Waals surface area contributed by atoms with E-state index in [-0.39, 0.29) is 35.6 Å². The largest absolute Gasteiger partial charge is 0.481 e. The van der Waals surface area contributed by atoms with Gasteiger partial charge in [-0.25, -0.2) is 8.42 Å². The predicted molar refractivity (Wildman–Crippen MR) is 140 cm³/mol. The highest BCUT2D eigenvalue weighted by atomic mass is 32.2. The third-order valence-electron chi connectivity index (χ3n) is 7.00. The summed E-state index contributed by atoms with van der Waals surface area (Å²) < 4.78 is 28.5. The van der Waals surface area contributed by atoms with E-state index in [0.29, 0.717) is 31.7 Å². The van der Waals surface area contributed by atoms with Crippen molar-refractivity contribution in [1.82, 2.24) is 9.62 Å². The number of hydrogen-bond donors (Lipinski definition) is 2. The molecule has 2 N–H and O–H groups in total. The molecule has 3 rings (SSSR count). The Labute approximate surface area is 215 Å². The van der Waals surface area contributed by atoms with Crippen molar-refractivity contribution in [3.8, 4) is 0 Å². The molecule has 36 heavy (non-hydrogen) atoms. The Morgan fingerprint density at radius 1 is 0.972 bits per heavy atom. The first-order valence-electron chi connectivity index (χ1n) is 12.7. The summed E-state index contributed by atoms with van der Waals surface area (Å²) in [4.78, 5) is 24.6. The highest BCUT2D eigenvalue weighted by Gasteiger charge is 2.40. The molecule has 2 aromatic rings. The van der Waals surface area contributed by atoms with Gasteiger partial charge in [0.15, 0.2) is 0 Å². The summed E-state index contributed by atoms with van der Waals surface area (Å²) in [5.74, 6) is -0.588. The number of carbonyl (C=O) groups excluding carboxylic acids is 1.